The van der Waals surface area contributed by atoms with E-state index in [1.54, 1.807) is 0 Å². The number of rotatable bonds is 2. The number of ether oxygens (including phenoxy) is 1. The van der Waals surface area contributed by atoms with Gasteiger partial charge in [-0.1, -0.05) is 30.3 Å². The van der Waals surface area contributed by atoms with E-state index in [2.05, 4.69) is 17.2 Å². The van der Waals surface area contributed by atoms with E-state index in [9.17, 15) is 0 Å². The molecule has 2 heterocycles. The highest BCUT2D eigenvalue weighted by molar-refractivity contribution is 5.19. The molecule has 2 aromatic rings. The second-order valence-corrected chi connectivity index (χ2v) is 4.22. The minimum atomic E-state index is 0.0919. The van der Waals surface area contributed by atoms with E-state index in [0.717, 1.165) is 17.9 Å². The summed E-state index contributed by atoms with van der Waals surface area (Å²) in [4.78, 5) is 0. The van der Waals surface area contributed by atoms with Crippen LogP contribution in [0.1, 0.15) is 23.1 Å². The first-order valence-electron chi connectivity index (χ1n) is 5.79. The van der Waals surface area contributed by atoms with Crippen LogP contribution < -0.4 is 5.73 Å². The monoisotopic (exact) mass is 229 g/mol. The van der Waals surface area contributed by atoms with Crippen LogP contribution in [0.5, 0.6) is 0 Å². The number of fused-ring (bicyclic) bond motifs is 1. The topological polar surface area (TPSA) is 53.1 Å². The van der Waals surface area contributed by atoms with Gasteiger partial charge in [-0.25, -0.2) is 0 Å². The van der Waals surface area contributed by atoms with Crippen LogP contribution in [0, 0.1) is 0 Å². The highest BCUT2D eigenvalue weighted by atomic mass is 16.5. The molecule has 1 aromatic heterocycles. The Hall–Kier alpha value is -1.65. The zero-order chi connectivity index (χ0) is 11.7. The summed E-state index contributed by atoms with van der Waals surface area (Å²) in [6.07, 6.45) is 0.0919. The zero-order valence-electron chi connectivity index (χ0n) is 9.54. The van der Waals surface area contributed by atoms with Gasteiger partial charge in [-0.3, -0.25) is 4.68 Å². The molecule has 0 saturated heterocycles. The summed E-state index contributed by atoms with van der Waals surface area (Å²) in [6, 6.07) is 12.3. The van der Waals surface area contributed by atoms with Crippen LogP contribution >= 0.6 is 0 Å². The van der Waals surface area contributed by atoms with E-state index < -0.39 is 0 Å². The minimum Gasteiger partial charge on any atom is -0.365 e. The van der Waals surface area contributed by atoms with Crippen molar-refractivity contribution in [3.8, 4) is 0 Å². The maximum absolute atomic E-state index is 5.85. The van der Waals surface area contributed by atoms with Crippen LogP contribution in [-0.2, 0) is 24.4 Å². The van der Waals surface area contributed by atoms with Gasteiger partial charge in [-0.15, -0.1) is 0 Å². The molecule has 4 heteroatoms. The van der Waals surface area contributed by atoms with Crippen molar-refractivity contribution in [3.63, 3.8) is 0 Å². The van der Waals surface area contributed by atoms with Crippen molar-refractivity contribution in [1.29, 1.82) is 0 Å². The molecule has 1 atom stereocenters. The summed E-state index contributed by atoms with van der Waals surface area (Å²) in [5, 5.41) is 4.46. The Morgan fingerprint density at radius 1 is 1.35 bits per heavy atom. The summed E-state index contributed by atoms with van der Waals surface area (Å²) >= 11 is 0. The third-order valence-electron chi connectivity index (χ3n) is 3.07. The van der Waals surface area contributed by atoms with Crippen LogP contribution in [0.2, 0.25) is 0 Å². The van der Waals surface area contributed by atoms with Gasteiger partial charge in [0.2, 0.25) is 0 Å². The zero-order valence-corrected chi connectivity index (χ0v) is 9.54. The molecule has 0 bridgehead atoms. The van der Waals surface area contributed by atoms with Crippen LogP contribution in [0.4, 0.5) is 0 Å². The first-order chi connectivity index (χ1) is 8.36. The van der Waals surface area contributed by atoms with Gasteiger partial charge in [-0.2, -0.15) is 5.10 Å². The Bertz CT molecular complexity index is 507. The van der Waals surface area contributed by atoms with Crippen LogP contribution in [-0.4, -0.2) is 9.78 Å². The molecule has 0 spiro atoms. The van der Waals surface area contributed by atoms with Crippen molar-refractivity contribution in [1.82, 2.24) is 9.78 Å². The number of nitrogens with two attached hydrogens (primary N) is 1. The summed E-state index contributed by atoms with van der Waals surface area (Å²) in [5.74, 6) is 0. The fourth-order valence-corrected chi connectivity index (χ4v) is 2.15. The molecule has 1 aromatic carbocycles. The van der Waals surface area contributed by atoms with Gasteiger partial charge in [0.15, 0.2) is 0 Å². The maximum Gasteiger partial charge on any atom is 0.103 e. The quantitative estimate of drug-likeness (QED) is 0.851. The lowest BCUT2D eigenvalue weighted by atomic mass is 10.1. The molecule has 88 valence electrons. The van der Waals surface area contributed by atoms with Crippen LogP contribution in [0.25, 0.3) is 0 Å². The van der Waals surface area contributed by atoms with E-state index in [0.29, 0.717) is 13.2 Å². The predicted octanol–water partition coefficient (Wildman–Crippen LogP) is 1.61. The Morgan fingerprint density at radius 3 is 2.94 bits per heavy atom. The lowest BCUT2D eigenvalue weighted by molar-refractivity contribution is -0.00119. The van der Waals surface area contributed by atoms with Gasteiger partial charge in [-0.05, 0) is 11.6 Å². The Labute approximate surface area is 100 Å². The van der Waals surface area contributed by atoms with E-state index in [1.807, 2.05) is 28.9 Å². The first kappa shape index (κ1) is 10.5. The largest absolute Gasteiger partial charge is 0.365 e. The molecule has 0 unspecified atom stereocenters. The summed E-state index contributed by atoms with van der Waals surface area (Å²) in [7, 11) is 0. The van der Waals surface area contributed by atoms with Crippen molar-refractivity contribution in [2.75, 3.05) is 0 Å². The van der Waals surface area contributed by atoms with Crippen molar-refractivity contribution in [2.45, 2.75) is 25.8 Å². The molecule has 0 fully saturated rings. The first-order valence-corrected chi connectivity index (χ1v) is 5.79. The third-order valence-corrected chi connectivity index (χ3v) is 3.07. The molecule has 4 nitrogen and oxygen atoms in total. The van der Waals surface area contributed by atoms with Gasteiger partial charge in [0.25, 0.3) is 0 Å². The second-order valence-electron chi connectivity index (χ2n) is 4.22. The second kappa shape index (κ2) is 4.31. The lowest BCUT2D eigenvalue weighted by Crippen LogP contribution is -2.21. The Morgan fingerprint density at radius 2 is 2.18 bits per heavy atom. The molecule has 3 rings (SSSR count). The summed E-state index contributed by atoms with van der Waals surface area (Å²) < 4.78 is 7.85. The molecule has 17 heavy (non-hydrogen) atoms. The average Bonchev–Trinajstić information content (AvgIpc) is 2.81. The van der Waals surface area contributed by atoms with E-state index >= 15 is 0 Å². The lowest BCUT2D eigenvalue weighted by Gasteiger charge is -2.24. The van der Waals surface area contributed by atoms with E-state index in [1.165, 1.54) is 5.56 Å². The van der Waals surface area contributed by atoms with E-state index in [-0.39, 0.29) is 6.10 Å². The number of hydrogen-bond acceptors (Lipinski definition) is 3. The molecular weight excluding hydrogens is 214 g/mol. The minimum absolute atomic E-state index is 0.0919. The van der Waals surface area contributed by atoms with Crippen molar-refractivity contribution in [3.05, 3.63) is 53.3 Å². The normalized spacial score (nSPS) is 19.0. The maximum atomic E-state index is 5.85. The molecule has 0 amide bonds. The van der Waals surface area contributed by atoms with Crippen LogP contribution in [0.15, 0.2) is 36.4 Å². The highest BCUT2D eigenvalue weighted by Crippen LogP contribution is 2.26. The SMILES string of the molecule is NCc1cc2n(n1)C[C@@H](c1ccccc1)OC2. The van der Waals surface area contributed by atoms with Crippen molar-refractivity contribution < 1.29 is 4.74 Å². The Kier molecular flexibility index (Phi) is 2.66. The fraction of sp³-hybridized carbons (Fsp3) is 0.308. The van der Waals surface area contributed by atoms with Crippen molar-refractivity contribution in [2.24, 2.45) is 5.73 Å². The summed E-state index contributed by atoms with van der Waals surface area (Å²) in [6.45, 7) is 1.85. The van der Waals surface area contributed by atoms with E-state index in [4.69, 9.17) is 10.5 Å². The van der Waals surface area contributed by atoms with Gasteiger partial charge in [0, 0.05) is 6.54 Å². The number of nitrogens with zero attached hydrogens (tertiary/aromatic N) is 2. The summed E-state index contributed by atoms with van der Waals surface area (Å²) in [5.41, 5.74) is 8.83. The van der Waals surface area contributed by atoms with Gasteiger partial charge < -0.3 is 10.5 Å². The number of benzene rings is 1. The van der Waals surface area contributed by atoms with Gasteiger partial charge in [0.05, 0.1) is 24.5 Å². The van der Waals surface area contributed by atoms with Crippen molar-refractivity contribution >= 4 is 0 Å². The molecular formula is C13H15N3O. The average molecular weight is 229 g/mol. The van der Waals surface area contributed by atoms with Gasteiger partial charge in [0.1, 0.15) is 6.10 Å². The van der Waals surface area contributed by atoms with Crippen LogP contribution in [0.3, 0.4) is 0 Å². The standard InChI is InChI=1S/C13H15N3O/c14-7-11-6-12-9-17-13(8-16(12)15-11)10-4-2-1-3-5-10/h1-6,13H,7-9,14H2/t13-/m0/s1. The highest BCUT2D eigenvalue weighted by Gasteiger charge is 2.21. The predicted molar refractivity (Wildman–Crippen MR) is 64.1 cm³/mol. The molecule has 1 aliphatic heterocycles. The molecule has 0 radical (unpaired) electrons. The third kappa shape index (κ3) is 1.97. The fourth-order valence-electron chi connectivity index (χ4n) is 2.15. The molecule has 0 aliphatic carbocycles. The molecule has 1 aliphatic rings. The Balaban J connectivity index is 1.85. The number of aromatic nitrogens is 2. The molecule has 0 saturated carbocycles. The smallest absolute Gasteiger partial charge is 0.103 e. The number of hydrogen-bond donors (Lipinski definition) is 1. The van der Waals surface area contributed by atoms with Gasteiger partial charge >= 0.3 is 0 Å². The molecule has 2 N–H and O–H groups in total.